The van der Waals surface area contributed by atoms with Crippen molar-refractivity contribution in [3.8, 4) is 10.6 Å². The Morgan fingerprint density at radius 2 is 1.96 bits per heavy atom. The SMILES string of the molecule is Cc1ccc(-c2nc(C)c(C(C)NC(=O)C3(CN)CCOCC3)s2)cc1. The molecule has 1 saturated heterocycles. The summed E-state index contributed by atoms with van der Waals surface area (Å²) in [6.45, 7) is 7.63. The van der Waals surface area contributed by atoms with E-state index in [9.17, 15) is 4.79 Å². The van der Waals surface area contributed by atoms with E-state index in [4.69, 9.17) is 15.5 Å². The molecule has 1 atom stereocenters. The number of benzene rings is 1. The topological polar surface area (TPSA) is 77.2 Å². The maximum absolute atomic E-state index is 12.9. The van der Waals surface area contributed by atoms with E-state index in [2.05, 4.69) is 36.5 Å². The number of hydrogen-bond donors (Lipinski definition) is 2. The average molecular weight is 374 g/mol. The van der Waals surface area contributed by atoms with Crippen LogP contribution in [0.25, 0.3) is 10.6 Å². The van der Waals surface area contributed by atoms with Crippen LogP contribution in [0.2, 0.25) is 0 Å². The number of hydrogen-bond acceptors (Lipinski definition) is 5. The van der Waals surface area contributed by atoms with Crippen molar-refractivity contribution in [2.45, 2.75) is 39.7 Å². The van der Waals surface area contributed by atoms with Crippen LogP contribution in [-0.2, 0) is 9.53 Å². The number of amides is 1. The maximum atomic E-state index is 12.9. The number of carbonyl (C=O) groups is 1. The second kappa shape index (κ2) is 7.86. The summed E-state index contributed by atoms with van der Waals surface area (Å²) in [5.41, 5.74) is 8.74. The molecule has 1 unspecified atom stereocenters. The predicted molar refractivity (Wildman–Crippen MR) is 105 cm³/mol. The fourth-order valence-corrected chi connectivity index (χ4v) is 4.40. The largest absolute Gasteiger partial charge is 0.381 e. The number of nitrogens with one attached hydrogen (secondary N) is 1. The van der Waals surface area contributed by atoms with Crippen molar-refractivity contribution in [2.75, 3.05) is 19.8 Å². The fraction of sp³-hybridized carbons (Fsp3) is 0.500. The highest BCUT2D eigenvalue weighted by Gasteiger charge is 2.39. The van der Waals surface area contributed by atoms with Gasteiger partial charge in [0.15, 0.2) is 0 Å². The molecule has 1 aliphatic rings. The van der Waals surface area contributed by atoms with E-state index in [-0.39, 0.29) is 11.9 Å². The molecule has 0 spiro atoms. The number of carbonyl (C=O) groups excluding carboxylic acids is 1. The summed E-state index contributed by atoms with van der Waals surface area (Å²) >= 11 is 1.64. The number of rotatable bonds is 5. The second-order valence-electron chi connectivity index (χ2n) is 7.13. The lowest BCUT2D eigenvalue weighted by atomic mass is 9.79. The molecule has 26 heavy (non-hydrogen) atoms. The van der Waals surface area contributed by atoms with Crippen LogP contribution in [0, 0.1) is 19.3 Å². The molecule has 1 amide bonds. The molecule has 0 aliphatic carbocycles. The van der Waals surface area contributed by atoms with Gasteiger partial charge >= 0.3 is 0 Å². The quantitative estimate of drug-likeness (QED) is 0.842. The first-order valence-electron chi connectivity index (χ1n) is 9.08. The molecule has 2 heterocycles. The van der Waals surface area contributed by atoms with Gasteiger partial charge in [-0.05, 0) is 33.6 Å². The highest BCUT2D eigenvalue weighted by Crippen LogP contribution is 2.34. The molecule has 140 valence electrons. The lowest BCUT2D eigenvalue weighted by Crippen LogP contribution is -2.49. The third-order valence-electron chi connectivity index (χ3n) is 5.19. The smallest absolute Gasteiger partial charge is 0.228 e. The summed E-state index contributed by atoms with van der Waals surface area (Å²) in [4.78, 5) is 18.7. The van der Waals surface area contributed by atoms with Crippen LogP contribution in [0.15, 0.2) is 24.3 Å². The van der Waals surface area contributed by atoms with Crippen LogP contribution in [0.5, 0.6) is 0 Å². The Balaban J connectivity index is 1.76. The van der Waals surface area contributed by atoms with Gasteiger partial charge in [-0.2, -0.15) is 0 Å². The standard InChI is InChI=1S/C20H27N3O2S/c1-13-4-6-16(7-5-13)18-22-14(2)17(26-18)15(3)23-19(24)20(12-21)8-10-25-11-9-20/h4-7,15H,8-12,21H2,1-3H3,(H,23,24). The summed E-state index contributed by atoms with van der Waals surface area (Å²) in [5, 5.41) is 4.15. The minimum absolute atomic E-state index is 0.0282. The van der Waals surface area contributed by atoms with E-state index in [1.807, 2.05) is 13.8 Å². The number of aromatic nitrogens is 1. The van der Waals surface area contributed by atoms with Gasteiger partial charge in [-0.15, -0.1) is 11.3 Å². The normalized spacial score (nSPS) is 17.7. The van der Waals surface area contributed by atoms with Crippen LogP contribution >= 0.6 is 11.3 Å². The molecule has 3 N–H and O–H groups in total. The summed E-state index contributed by atoms with van der Waals surface area (Å²) in [6, 6.07) is 8.27. The Hall–Kier alpha value is -1.76. The molecule has 3 rings (SSSR count). The number of ether oxygens (including phenoxy) is 1. The third-order valence-corrected chi connectivity index (χ3v) is 6.58. The fourth-order valence-electron chi connectivity index (χ4n) is 3.33. The molecule has 6 heteroatoms. The van der Waals surface area contributed by atoms with Crippen molar-refractivity contribution in [3.63, 3.8) is 0 Å². The number of nitrogens with two attached hydrogens (primary N) is 1. The first-order chi connectivity index (χ1) is 12.4. The van der Waals surface area contributed by atoms with Gasteiger partial charge in [0.2, 0.25) is 5.91 Å². The lowest BCUT2D eigenvalue weighted by Gasteiger charge is -2.35. The highest BCUT2D eigenvalue weighted by molar-refractivity contribution is 7.15. The molecule has 5 nitrogen and oxygen atoms in total. The molecule has 0 bridgehead atoms. The van der Waals surface area contributed by atoms with Crippen LogP contribution in [0.3, 0.4) is 0 Å². The van der Waals surface area contributed by atoms with E-state index in [1.54, 1.807) is 11.3 Å². The van der Waals surface area contributed by atoms with Crippen molar-refractivity contribution >= 4 is 17.2 Å². The van der Waals surface area contributed by atoms with Crippen LogP contribution in [0.1, 0.15) is 41.9 Å². The molecule has 0 saturated carbocycles. The van der Waals surface area contributed by atoms with Crippen molar-refractivity contribution in [3.05, 3.63) is 40.4 Å². The van der Waals surface area contributed by atoms with E-state index >= 15 is 0 Å². The summed E-state index contributed by atoms with van der Waals surface area (Å²) in [6.07, 6.45) is 1.36. The summed E-state index contributed by atoms with van der Waals surface area (Å²) < 4.78 is 5.40. The Morgan fingerprint density at radius 3 is 2.58 bits per heavy atom. The first kappa shape index (κ1) is 19.0. The minimum Gasteiger partial charge on any atom is -0.381 e. The zero-order valence-electron chi connectivity index (χ0n) is 15.7. The third kappa shape index (κ3) is 3.82. The molecule has 1 aromatic carbocycles. The minimum atomic E-state index is -0.509. The summed E-state index contributed by atoms with van der Waals surface area (Å²) in [7, 11) is 0. The van der Waals surface area contributed by atoms with Gasteiger partial charge in [-0.1, -0.05) is 29.8 Å². The van der Waals surface area contributed by atoms with E-state index in [1.165, 1.54) is 5.56 Å². The Kier molecular flexibility index (Phi) is 5.75. The van der Waals surface area contributed by atoms with Crippen molar-refractivity contribution in [1.82, 2.24) is 10.3 Å². The van der Waals surface area contributed by atoms with Gasteiger partial charge in [-0.3, -0.25) is 4.79 Å². The maximum Gasteiger partial charge on any atom is 0.228 e. The number of thiazole rings is 1. The molecular weight excluding hydrogens is 346 g/mol. The molecule has 1 fully saturated rings. The number of nitrogens with zero attached hydrogens (tertiary/aromatic N) is 1. The predicted octanol–water partition coefficient (Wildman–Crippen LogP) is 3.36. The van der Waals surface area contributed by atoms with Crippen LogP contribution < -0.4 is 11.1 Å². The van der Waals surface area contributed by atoms with Crippen molar-refractivity contribution in [2.24, 2.45) is 11.1 Å². The molecule has 1 aromatic heterocycles. The second-order valence-corrected chi connectivity index (χ2v) is 8.16. The molecular formula is C20H27N3O2S. The Morgan fingerprint density at radius 1 is 1.31 bits per heavy atom. The van der Waals surface area contributed by atoms with Gasteiger partial charge < -0.3 is 15.8 Å². The Bertz CT molecular complexity index is 764. The number of aryl methyl sites for hydroxylation is 2. The zero-order chi connectivity index (χ0) is 18.7. The van der Waals surface area contributed by atoms with Gasteiger partial charge in [0.25, 0.3) is 0 Å². The molecule has 2 aromatic rings. The highest BCUT2D eigenvalue weighted by atomic mass is 32.1. The van der Waals surface area contributed by atoms with Crippen LogP contribution in [0.4, 0.5) is 0 Å². The first-order valence-corrected chi connectivity index (χ1v) is 9.90. The Labute approximate surface area is 159 Å². The van der Waals surface area contributed by atoms with Crippen molar-refractivity contribution < 1.29 is 9.53 Å². The average Bonchev–Trinajstić information content (AvgIpc) is 3.04. The van der Waals surface area contributed by atoms with Crippen molar-refractivity contribution in [1.29, 1.82) is 0 Å². The van der Waals surface area contributed by atoms with E-state index in [0.29, 0.717) is 32.6 Å². The summed E-state index contributed by atoms with van der Waals surface area (Å²) in [5.74, 6) is 0.0282. The molecule has 1 aliphatic heterocycles. The van der Waals surface area contributed by atoms with Gasteiger partial charge in [-0.25, -0.2) is 4.98 Å². The van der Waals surface area contributed by atoms with E-state index < -0.39 is 5.41 Å². The van der Waals surface area contributed by atoms with Gasteiger partial charge in [0.1, 0.15) is 5.01 Å². The molecule has 0 radical (unpaired) electrons. The van der Waals surface area contributed by atoms with Gasteiger partial charge in [0.05, 0.1) is 22.0 Å². The van der Waals surface area contributed by atoms with Gasteiger partial charge in [0, 0.05) is 25.3 Å². The zero-order valence-corrected chi connectivity index (χ0v) is 16.5. The van der Waals surface area contributed by atoms with E-state index in [0.717, 1.165) is 21.1 Å². The van der Waals surface area contributed by atoms with Crippen LogP contribution in [-0.4, -0.2) is 30.6 Å². The monoisotopic (exact) mass is 373 g/mol. The lowest BCUT2D eigenvalue weighted by molar-refractivity contribution is -0.136.